The van der Waals surface area contributed by atoms with E-state index < -0.39 is 5.54 Å². The number of allylic oxidation sites excluding steroid dienone is 1. The van der Waals surface area contributed by atoms with Gasteiger partial charge >= 0.3 is 0 Å². The lowest BCUT2D eigenvalue weighted by molar-refractivity contribution is -0.128. The lowest BCUT2D eigenvalue weighted by Gasteiger charge is -2.37. The fraction of sp³-hybridized carbons (Fsp3) is 0.429. The third-order valence-corrected chi connectivity index (χ3v) is 8.41. The first-order chi connectivity index (χ1) is 17.1. The molecule has 4 rings (SSSR count). The van der Waals surface area contributed by atoms with Crippen molar-refractivity contribution in [2.75, 3.05) is 20.1 Å². The Morgan fingerprint density at radius 2 is 1.67 bits per heavy atom. The number of likely N-dealkylation sites (N-methyl/N-ethyl adjacent to an activating group) is 1. The summed E-state index contributed by atoms with van der Waals surface area (Å²) in [5.74, 6) is 0.193. The normalized spacial score (nSPS) is 21.4. The van der Waals surface area contributed by atoms with Gasteiger partial charge in [-0.1, -0.05) is 61.3 Å². The van der Waals surface area contributed by atoms with Crippen LogP contribution in [0.4, 0.5) is 0 Å². The van der Waals surface area contributed by atoms with Crippen molar-refractivity contribution in [3.05, 3.63) is 80.3 Å². The van der Waals surface area contributed by atoms with Gasteiger partial charge in [0.25, 0.3) is 5.91 Å². The first-order valence-corrected chi connectivity index (χ1v) is 13.9. The molecule has 1 N–H and O–H groups in total. The summed E-state index contributed by atoms with van der Waals surface area (Å²) in [6, 6.07) is 15.8. The quantitative estimate of drug-likeness (QED) is 0.402. The Hall–Kier alpha value is -1.99. The third-order valence-electron chi connectivity index (χ3n) is 6.85. The number of fused-ring (bicyclic) bond motifs is 1. The standard InChI is InChI=1S/C28H34Cl2N4OS/c1-17(2)23-24(26(35)33(18(3)4)16-15-31-6)36-27-32-28(5,20-9-13-22(30)14-10-20)25(34(23)27)19-7-11-21(29)12-8-19/h7-14,17-18,25,31H,15-16H2,1-6H3/t25-,28+/m1/s1. The largest absolute Gasteiger partial charge is 0.334 e. The Balaban J connectivity index is 1.85. The number of halogens is 2. The van der Waals surface area contributed by atoms with Crippen LogP contribution >= 0.6 is 35.0 Å². The van der Waals surface area contributed by atoms with Gasteiger partial charge in [-0.05, 0) is 80.9 Å². The number of carbonyl (C=O) groups excluding carboxylic acids is 1. The minimum Gasteiger partial charge on any atom is -0.334 e. The highest BCUT2D eigenvalue weighted by Crippen LogP contribution is 2.56. The molecule has 0 spiro atoms. The fourth-order valence-electron chi connectivity index (χ4n) is 5.02. The van der Waals surface area contributed by atoms with E-state index >= 15 is 0 Å². The van der Waals surface area contributed by atoms with Gasteiger partial charge in [-0.15, -0.1) is 0 Å². The Morgan fingerprint density at radius 1 is 1.08 bits per heavy atom. The van der Waals surface area contributed by atoms with Crippen LogP contribution in [0.15, 0.2) is 64.1 Å². The van der Waals surface area contributed by atoms with Crippen molar-refractivity contribution in [3.8, 4) is 0 Å². The van der Waals surface area contributed by atoms with E-state index in [0.29, 0.717) is 16.6 Å². The van der Waals surface area contributed by atoms with Crippen molar-refractivity contribution in [3.63, 3.8) is 0 Å². The average molecular weight is 546 g/mol. The van der Waals surface area contributed by atoms with Crippen LogP contribution in [0.3, 0.4) is 0 Å². The van der Waals surface area contributed by atoms with Crippen LogP contribution in [-0.2, 0) is 10.3 Å². The molecule has 0 aromatic heterocycles. The summed E-state index contributed by atoms with van der Waals surface area (Å²) < 4.78 is 0. The number of hydrogen-bond acceptors (Lipinski definition) is 5. The molecule has 36 heavy (non-hydrogen) atoms. The summed E-state index contributed by atoms with van der Waals surface area (Å²) >= 11 is 14.0. The monoisotopic (exact) mass is 544 g/mol. The Bertz CT molecular complexity index is 1180. The number of nitrogens with one attached hydrogen (secondary N) is 1. The minimum absolute atomic E-state index is 0.0640. The zero-order valence-electron chi connectivity index (χ0n) is 21.7. The van der Waals surface area contributed by atoms with Crippen molar-refractivity contribution in [2.45, 2.75) is 52.2 Å². The van der Waals surface area contributed by atoms with Crippen molar-refractivity contribution in [1.82, 2.24) is 15.1 Å². The van der Waals surface area contributed by atoms with Gasteiger partial charge in [-0.2, -0.15) is 0 Å². The van der Waals surface area contributed by atoms with Crippen LogP contribution in [0.25, 0.3) is 0 Å². The second-order valence-corrected chi connectivity index (χ2v) is 11.9. The van der Waals surface area contributed by atoms with E-state index in [-0.39, 0.29) is 23.9 Å². The average Bonchev–Trinajstić information content (AvgIpc) is 3.32. The lowest BCUT2D eigenvalue weighted by atomic mass is 9.81. The Labute approximate surface area is 228 Å². The van der Waals surface area contributed by atoms with Gasteiger partial charge < -0.3 is 15.1 Å². The van der Waals surface area contributed by atoms with E-state index in [0.717, 1.165) is 33.4 Å². The zero-order chi connectivity index (χ0) is 26.2. The SMILES string of the molecule is CNCCN(C(=O)C1=C(C(C)C)N2C(=N[C@@](C)(c3ccc(Cl)cc3)[C@H]2c2ccc(Cl)cc2)S1)C(C)C. The predicted molar refractivity (Wildman–Crippen MR) is 153 cm³/mol. The number of carbonyl (C=O) groups is 1. The second kappa shape index (κ2) is 10.8. The van der Waals surface area contributed by atoms with Gasteiger partial charge in [-0.3, -0.25) is 4.79 Å². The number of aliphatic imine (C=N–C) groups is 1. The number of amides is 1. The van der Waals surface area contributed by atoms with Crippen LogP contribution < -0.4 is 5.32 Å². The van der Waals surface area contributed by atoms with Crippen molar-refractivity contribution < 1.29 is 4.79 Å². The maximum Gasteiger partial charge on any atom is 0.262 e. The number of rotatable bonds is 8. The highest BCUT2D eigenvalue weighted by atomic mass is 35.5. The van der Waals surface area contributed by atoms with E-state index in [4.69, 9.17) is 28.2 Å². The molecule has 0 unspecified atom stereocenters. The molecule has 0 bridgehead atoms. The zero-order valence-corrected chi connectivity index (χ0v) is 24.0. The van der Waals surface area contributed by atoms with Gasteiger partial charge in [0.2, 0.25) is 0 Å². The maximum absolute atomic E-state index is 13.9. The first kappa shape index (κ1) is 27.1. The van der Waals surface area contributed by atoms with Crippen LogP contribution in [0.1, 0.15) is 51.8 Å². The summed E-state index contributed by atoms with van der Waals surface area (Å²) in [6.45, 7) is 12.0. The van der Waals surface area contributed by atoms with Crippen molar-refractivity contribution in [1.29, 1.82) is 0 Å². The molecule has 8 heteroatoms. The highest BCUT2D eigenvalue weighted by Gasteiger charge is 2.53. The van der Waals surface area contributed by atoms with Crippen molar-refractivity contribution in [2.24, 2.45) is 10.9 Å². The molecule has 2 aromatic rings. The van der Waals surface area contributed by atoms with Gasteiger partial charge in [0.1, 0.15) is 10.4 Å². The predicted octanol–water partition coefficient (Wildman–Crippen LogP) is 6.69. The molecule has 0 saturated carbocycles. The molecule has 192 valence electrons. The van der Waals surface area contributed by atoms with Gasteiger partial charge in [0.05, 0.1) is 6.04 Å². The molecule has 2 aliphatic heterocycles. The molecule has 2 aromatic carbocycles. The summed E-state index contributed by atoms with van der Waals surface area (Å²) in [5, 5.41) is 5.41. The molecule has 1 amide bonds. The molecule has 0 radical (unpaired) electrons. The number of thioether (sulfide) groups is 1. The number of nitrogens with zero attached hydrogens (tertiary/aromatic N) is 3. The summed E-state index contributed by atoms with van der Waals surface area (Å²) in [6.07, 6.45) is 0. The van der Waals surface area contributed by atoms with Crippen LogP contribution in [0.2, 0.25) is 10.0 Å². The topological polar surface area (TPSA) is 47.9 Å². The van der Waals surface area contributed by atoms with E-state index in [1.807, 2.05) is 48.3 Å². The molecule has 2 heterocycles. The van der Waals surface area contributed by atoms with Gasteiger partial charge in [-0.25, -0.2) is 4.99 Å². The lowest BCUT2D eigenvalue weighted by Crippen LogP contribution is -2.42. The number of benzene rings is 2. The fourth-order valence-corrected chi connectivity index (χ4v) is 6.64. The molecule has 0 saturated heterocycles. The summed E-state index contributed by atoms with van der Waals surface area (Å²) in [4.78, 5) is 24.2. The summed E-state index contributed by atoms with van der Waals surface area (Å²) in [5.41, 5.74) is 2.62. The molecule has 0 aliphatic carbocycles. The maximum atomic E-state index is 13.9. The highest BCUT2D eigenvalue weighted by molar-refractivity contribution is 8.18. The van der Waals surface area contributed by atoms with Crippen LogP contribution in [0.5, 0.6) is 0 Å². The van der Waals surface area contributed by atoms with Crippen LogP contribution in [-0.4, -0.2) is 47.1 Å². The van der Waals surface area contributed by atoms with Crippen molar-refractivity contribution >= 4 is 46.0 Å². The molecule has 2 atom stereocenters. The third kappa shape index (κ3) is 4.93. The molecular formula is C28H34Cl2N4OS. The Kier molecular flexibility index (Phi) is 8.10. The van der Waals surface area contributed by atoms with E-state index in [9.17, 15) is 4.79 Å². The smallest absolute Gasteiger partial charge is 0.262 e. The Morgan fingerprint density at radius 3 is 2.19 bits per heavy atom. The van der Waals surface area contributed by atoms with Gasteiger partial charge in [0, 0.05) is 34.9 Å². The summed E-state index contributed by atoms with van der Waals surface area (Å²) in [7, 11) is 1.91. The minimum atomic E-state index is -0.570. The van der Waals surface area contributed by atoms with E-state index in [2.05, 4.69) is 57.0 Å². The molecule has 5 nitrogen and oxygen atoms in total. The number of amidine groups is 1. The number of hydrogen-bond donors (Lipinski definition) is 1. The molecule has 0 fully saturated rings. The van der Waals surface area contributed by atoms with Gasteiger partial charge in [0.15, 0.2) is 5.17 Å². The second-order valence-electron chi connectivity index (χ2n) is 10.0. The van der Waals surface area contributed by atoms with Crippen LogP contribution in [0, 0.1) is 5.92 Å². The molecule has 2 aliphatic rings. The first-order valence-electron chi connectivity index (χ1n) is 12.4. The molecular weight excluding hydrogens is 511 g/mol. The van der Waals surface area contributed by atoms with E-state index in [1.165, 1.54) is 11.8 Å². The van der Waals surface area contributed by atoms with E-state index in [1.54, 1.807) is 0 Å².